The number of aromatic hydroxyl groups is 2. The van der Waals surface area contributed by atoms with E-state index in [0.717, 1.165) is 19.5 Å². The maximum atomic E-state index is 12.8. The number of likely N-dealkylation sites (tertiary alicyclic amines) is 1. The summed E-state index contributed by atoms with van der Waals surface area (Å²) in [5, 5.41) is 30.5. The van der Waals surface area contributed by atoms with Crippen molar-refractivity contribution >= 4 is 35.0 Å². The zero-order chi connectivity index (χ0) is 20.5. The molecule has 1 unspecified atom stereocenters. The summed E-state index contributed by atoms with van der Waals surface area (Å²) in [5.74, 6) is -0.171. The van der Waals surface area contributed by atoms with Gasteiger partial charge in [-0.15, -0.1) is 12.4 Å². The molecule has 30 heavy (non-hydrogen) atoms. The molecule has 1 saturated heterocycles. The van der Waals surface area contributed by atoms with E-state index >= 15 is 0 Å². The lowest BCUT2D eigenvalue weighted by Gasteiger charge is -2.18. The topological polar surface area (TPSA) is 94.1 Å². The second-order valence-electron chi connectivity index (χ2n) is 7.35. The molecule has 0 radical (unpaired) electrons. The molecule has 3 aromatic rings. The lowest BCUT2D eigenvalue weighted by atomic mass is 9.94. The summed E-state index contributed by atoms with van der Waals surface area (Å²) in [6.45, 7) is 2.39. The van der Waals surface area contributed by atoms with Gasteiger partial charge in [0, 0.05) is 48.9 Å². The van der Waals surface area contributed by atoms with Crippen molar-refractivity contribution in [1.82, 2.24) is 4.90 Å². The van der Waals surface area contributed by atoms with E-state index in [1.807, 2.05) is 0 Å². The van der Waals surface area contributed by atoms with E-state index in [4.69, 9.17) is 21.1 Å². The minimum Gasteiger partial charge on any atom is -0.507 e. The van der Waals surface area contributed by atoms with Crippen molar-refractivity contribution < 1.29 is 19.7 Å². The first kappa shape index (κ1) is 22.4. The minimum absolute atomic E-state index is 0. The molecule has 160 valence electrons. The number of halogens is 2. The Morgan fingerprint density at radius 2 is 1.93 bits per heavy atom. The molecule has 3 N–H and O–H groups in total. The van der Waals surface area contributed by atoms with Gasteiger partial charge in [-0.3, -0.25) is 4.79 Å². The summed E-state index contributed by atoms with van der Waals surface area (Å²) in [4.78, 5) is 15.0. The molecule has 0 amide bonds. The third-order valence-corrected chi connectivity index (χ3v) is 5.78. The molecule has 0 aliphatic carbocycles. The van der Waals surface area contributed by atoms with Crippen molar-refractivity contribution in [2.75, 3.05) is 26.2 Å². The van der Waals surface area contributed by atoms with Gasteiger partial charge in [-0.05, 0) is 31.5 Å². The van der Waals surface area contributed by atoms with Crippen LogP contribution in [0.1, 0.15) is 24.3 Å². The quantitative estimate of drug-likeness (QED) is 0.539. The van der Waals surface area contributed by atoms with Crippen LogP contribution in [0.3, 0.4) is 0 Å². The first-order valence-electron chi connectivity index (χ1n) is 9.60. The standard InChI is InChI=1S/C22H22ClNO5.ClH/c23-15-5-2-1-4-14(15)19-11-18(28)21-17(27)10-16(26)20(22(21)29-19)13-6-8-24(12-13)7-3-9-25;/h1-2,4-5,10-11,13,25-27H,3,6-9,12H2;1H. The number of hydrogen-bond acceptors (Lipinski definition) is 6. The van der Waals surface area contributed by atoms with Crippen molar-refractivity contribution in [2.45, 2.75) is 18.8 Å². The Kier molecular flexibility index (Phi) is 6.93. The molecule has 0 bridgehead atoms. The highest BCUT2D eigenvalue weighted by atomic mass is 35.5. The highest BCUT2D eigenvalue weighted by Crippen LogP contribution is 2.42. The summed E-state index contributed by atoms with van der Waals surface area (Å²) in [5.41, 5.74) is 0.891. The predicted octanol–water partition coefficient (Wildman–Crippen LogP) is 4.12. The van der Waals surface area contributed by atoms with Crippen LogP contribution < -0.4 is 5.43 Å². The predicted molar refractivity (Wildman–Crippen MR) is 119 cm³/mol. The van der Waals surface area contributed by atoms with Crippen molar-refractivity contribution in [2.24, 2.45) is 0 Å². The molecule has 0 spiro atoms. The third-order valence-electron chi connectivity index (χ3n) is 5.45. The van der Waals surface area contributed by atoms with E-state index in [9.17, 15) is 15.0 Å². The van der Waals surface area contributed by atoms with E-state index in [-0.39, 0.29) is 53.2 Å². The molecular formula is C22H23Cl2NO5. The molecule has 1 fully saturated rings. The van der Waals surface area contributed by atoms with Crippen LogP contribution in [0, 0.1) is 0 Å². The van der Waals surface area contributed by atoms with Gasteiger partial charge < -0.3 is 24.6 Å². The Hall–Kier alpha value is -2.25. The van der Waals surface area contributed by atoms with Crippen LogP contribution >= 0.6 is 24.0 Å². The van der Waals surface area contributed by atoms with Gasteiger partial charge in [0.25, 0.3) is 0 Å². The second-order valence-corrected chi connectivity index (χ2v) is 7.76. The number of benzene rings is 2. The summed E-state index contributed by atoms with van der Waals surface area (Å²) >= 11 is 6.27. The summed E-state index contributed by atoms with van der Waals surface area (Å²) < 4.78 is 6.07. The highest BCUT2D eigenvalue weighted by molar-refractivity contribution is 6.33. The normalized spacial score (nSPS) is 16.7. The fourth-order valence-electron chi connectivity index (χ4n) is 4.08. The number of aliphatic hydroxyl groups excluding tert-OH is 1. The number of nitrogens with zero attached hydrogens (tertiary/aromatic N) is 1. The molecule has 1 aromatic heterocycles. The van der Waals surface area contributed by atoms with Gasteiger partial charge in [0.05, 0.1) is 5.02 Å². The first-order chi connectivity index (χ1) is 14.0. The summed E-state index contributed by atoms with van der Waals surface area (Å²) in [6, 6.07) is 9.56. The molecule has 2 heterocycles. The Bertz CT molecular complexity index is 1110. The minimum atomic E-state index is -0.393. The lowest BCUT2D eigenvalue weighted by Crippen LogP contribution is -2.22. The van der Waals surface area contributed by atoms with Gasteiger partial charge in [-0.1, -0.05) is 23.7 Å². The maximum absolute atomic E-state index is 12.8. The van der Waals surface area contributed by atoms with Crippen molar-refractivity contribution in [3.63, 3.8) is 0 Å². The summed E-state index contributed by atoms with van der Waals surface area (Å²) in [7, 11) is 0. The zero-order valence-corrected chi connectivity index (χ0v) is 17.7. The SMILES string of the molecule is Cl.O=c1cc(-c2ccccc2Cl)oc2c(C3CCN(CCCO)C3)c(O)cc(O)c12. The molecule has 1 aliphatic rings. The van der Waals surface area contributed by atoms with E-state index < -0.39 is 5.43 Å². The van der Waals surface area contributed by atoms with Crippen LogP contribution in [0.15, 0.2) is 45.6 Å². The number of phenolic OH excluding ortho intramolecular Hbond substituents is 2. The molecule has 8 heteroatoms. The van der Waals surface area contributed by atoms with Crippen molar-refractivity contribution in [1.29, 1.82) is 0 Å². The number of phenols is 2. The van der Waals surface area contributed by atoms with E-state index in [2.05, 4.69) is 4.90 Å². The largest absolute Gasteiger partial charge is 0.507 e. The van der Waals surface area contributed by atoms with E-state index in [0.29, 0.717) is 29.1 Å². The fourth-order valence-corrected chi connectivity index (χ4v) is 4.30. The molecule has 2 aromatic carbocycles. The molecule has 1 aliphatic heterocycles. The maximum Gasteiger partial charge on any atom is 0.197 e. The van der Waals surface area contributed by atoms with Crippen LogP contribution in [-0.4, -0.2) is 46.5 Å². The van der Waals surface area contributed by atoms with Gasteiger partial charge >= 0.3 is 0 Å². The second kappa shape index (κ2) is 9.27. The number of rotatable bonds is 5. The Morgan fingerprint density at radius 1 is 1.17 bits per heavy atom. The smallest absolute Gasteiger partial charge is 0.197 e. The highest BCUT2D eigenvalue weighted by Gasteiger charge is 2.30. The Labute approximate surface area is 184 Å². The first-order valence-corrected chi connectivity index (χ1v) is 9.98. The Morgan fingerprint density at radius 3 is 2.67 bits per heavy atom. The van der Waals surface area contributed by atoms with Gasteiger partial charge in [0.1, 0.15) is 28.2 Å². The van der Waals surface area contributed by atoms with Gasteiger partial charge in [0.2, 0.25) is 0 Å². The van der Waals surface area contributed by atoms with Crippen molar-refractivity contribution in [3.8, 4) is 22.8 Å². The van der Waals surface area contributed by atoms with Crippen LogP contribution in [0.4, 0.5) is 0 Å². The van der Waals surface area contributed by atoms with Crippen LogP contribution in [-0.2, 0) is 0 Å². The van der Waals surface area contributed by atoms with Gasteiger partial charge in [-0.2, -0.15) is 0 Å². The third kappa shape index (κ3) is 4.14. The Balaban J connectivity index is 0.00000256. The zero-order valence-electron chi connectivity index (χ0n) is 16.2. The van der Waals surface area contributed by atoms with Crippen molar-refractivity contribution in [3.05, 3.63) is 57.2 Å². The van der Waals surface area contributed by atoms with Crippen LogP contribution in [0.2, 0.25) is 5.02 Å². The fraction of sp³-hybridized carbons (Fsp3) is 0.318. The van der Waals surface area contributed by atoms with Crippen LogP contribution in [0.25, 0.3) is 22.3 Å². The molecule has 1 atom stereocenters. The van der Waals surface area contributed by atoms with Gasteiger partial charge in [0.15, 0.2) is 5.43 Å². The average Bonchev–Trinajstić information content (AvgIpc) is 3.14. The van der Waals surface area contributed by atoms with Gasteiger partial charge in [-0.25, -0.2) is 0 Å². The molecule has 6 nitrogen and oxygen atoms in total. The molecule has 0 saturated carbocycles. The summed E-state index contributed by atoms with van der Waals surface area (Å²) in [6.07, 6.45) is 1.46. The number of aliphatic hydroxyl groups is 1. The average molecular weight is 452 g/mol. The van der Waals surface area contributed by atoms with E-state index in [1.54, 1.807) is 24.3 Å². The van der Waals surface area contributed by atoms with E-state index in [1.165, 1.54) is 12.1 Å². The lowest BCUT2D eigenvalue weighted by molar-refractivity contribution is 0.246. The molecule has 4 rings (SSSR count). The molecular weight excluding hydrogens is 429 g/mol. The number of fused-ring (bicyclic) bond motifs is 1. The monoisotopic (exact) mass is 451 g/mol. The van der Waals surface area contributed by atoms with Crippen LogP contribution in [0.5, 0.6) is 11.5 Å². The number of hydrogen-bond donors (Lipinski definition) is 3.